The third-order valence-corrected chi connectivity index (χ3v) is 6.15. The zero-order valence-corrected chi connectivity index (χ0v) is 19.2. The molecule has 1 unspecified atom stereocenters. The lowest BCUT2D eigenvalue weighted by atomic mass is 10.1. The minimum atomic E-state index is -1.82. The van der Waals surface area contributed by atoms with Crippen LogP contribution in [-0.2, 0) is 16.0 Å². The second kappa shape index (κ2) is 12.6. The van der Waals surface area contributed by atoms with Gasteiger partial charge in [-0.25, -0.2) is 14.6 Å². The van der Waals surface area contributed by atoms with E-state index in [2.05, 4.69) is 9.97 Å². The van der Waals surface area contributed by atoms with Crippen molar-refractivity contribution in [1.82, 2.24) is 9.97 Å². The fourth-order valence-corrected chi connectivity index (χ4v) is 4.58. The number of aliphatic carboxylic acids is 2. The molecule has 0 amide bonds. The number of H-pyrrole nitrogens is 1. The Morgan fingerprint density at radius 1 is 1.00 bits per heavy atom. The van der Waals surface area contributed by atoms with Gasteiger partial charge in [0.2, 0.25) is 0 Å². The van der Waals surface area contributed by atoms with Crippen molar-refractivity contribution in [2.24, 2.45) is 0 Å². The highest BCUT2D eigenvalue weighted by molar-refractivity contribution is 7.99. The van der Waals surface area contributed by atoms with E-state index in [0.29, 0.717) is 10.0 Å². The van der Waals surface area contributed by atoms with Gasteiger partial charge in [-0.3, -0.25) is 0 Å². The van der Waals surface area contributed by atoms with Crippen LogP contribution in [0.2, 0.25) is 15.1 Å². The predicted molar refractivity (Wildman–Crippen MR) is 123 cm³/mol. The molecule has 31 heavy (non-hydrogen) atoms. The Kier molecular flexibility index (Phi) is 10.2. The van der Waals surface area contributed by atoms with Crippen LogP contribution in [-0.4, -0.2) is 32.1 Å². The molecule has 0 aliphatic carbocycles. The molecule has 0 bridgehead atoms. The molecule has 0 saturated heterocycles. The van der Waals surface area contributed by atoms with Gasteiger partial charge in [0.25, 0.3) is 0 Å². The summed E-state index contributed by atoms with van der Waals surface area (Å²) in [7, 11) is 0. The minimum Gasteiger partial charge on any atom is -0.473 e. The molecule has 2 aromatic carbocycles. The van der Waals surface area contributed by atoms with Crippen molar-refractivity contribution in [3.8, 4) is 0 Å². The Labute approximate surface area is 198 Å². The highest BCUT2D eigenvalue weighted by atomic mass is 35.5. The van der Waals surface area contributed by atoms with Gasteiger partial charge < -0.3 is 15.2 Å². The van der Waals surface area contributed by atoms with E-state index in [9.17, 15) is 0 Å². The van der Waals surface area contributed by atoms with Crippen LogP contribution in [0.25, 0.3) is 0 Å². The average Bonchev–Trinajstić information content (AvgIpc) is 3.23. The molecule has 0 aliphatic heterocycles. The summed E-state index contributed by atoms with van der Waals surface area (Å²) in [4.78, 5) is 26.8. The summed E-state index contributed by atoms with van der Waals surface area (Å²) < 4.78 is 0. The topological polar surface area (TPSA) is 103 Å². The predicted octanol–water partition coefficient (Wildman–Crippen LogP) is 6.38. The Hall–Kier alpha value is -2.19. The van der Waals surface area contributed by atoms with Gasteiger partial charge >= 0.3 is 11.9 Å². The van der Waals surface area contributed by atoms with Gasteiger partial charge in [-0.2, -0.15) is 0 Å². The molecular weight excluding hydrogens is 483 g/mol. The van der Waals surface area contributed by atoms with Gasteiger partial charge in [0.05, 0.1) is 0 Å². The summed E-state index contributed by atoms with van der Waals surface area (Å²) >= 11 is 20.3. The standard InChI is InChI=1S/C19H17Cl3N2S.C2H2O4/c20-13-4-7-15(8-5-13)25-18(2-1-3-19-23-10-11-24-19)16-9-6-14(21)12-17(16)22;3-1(4)2(5)6/h4-12,18H,1-3H2,(H,23,24);(H,3,4)(H,5,6). The molecule has 0 spiro atoms. The van der Waals surface area contributed by atoms with Crippen LogP contribution in [0, 0.1) is 0 Å². The van der Waals surface area contributed by atoms with E-state index in [1.807, 2.05) is 42.6 Å². The zero-order chi connectivity index (χ0) is 22.8. The number of aromatic amines is 1. The van der Waals surface area contributed by atoms with Crippen LogP contribution in [0.3, 0.4) is 0 Å². The number of imidazole rings is 1. The Morgan fingerprint density at radius 2 is 1.65 bits per heavy atom. The van der Waals surface area contributed by atoms with E-state index in [0.717, 1.165) is 35.7 Å². The number of hydrogen-bond donors (Lipinski definition) is 3. The van der Waals surface area contributed by atoms with Crippen molar-refractivity contribution < 1.29 is 19.8 Å². The lowest BCUT2D eigenvalue weighted by Crippen LogP contribution is -2.09. The van der Waals surface area contributed by atoms with Gasteiger partial charge in [0.1, 0.15) is 5.82 Å². The Bertz CT molecular complexity index is 986. The highest BCUT2D eigenvalue weighted by Gasteiger charge is 2.17. The summed E-state index contributed by atoms with van der Waals surface area (Å²) in [5.74, 6) is -2.64. The first-order valence-electron chi connectivity index (χ1n) is 9.08. The summed E-state index contributed by atoms with van der Waals surface area (Å²) in [5, 5.41) is 17.1. The number of hydrogen-bond acceptors (Lipinski definition) is 4. The number of carbonyl (C=O) groups is 2. The second-order valence-electron chi connectivity index (χ2n) is 6.26. The zero-order valence-electron chi connectivity index (χ0n) is 16.1. The quantitative estimate of drug-likeness (QED) is 0.256. The number of thioether (sulfide) groups is 1. The maximum absolute atomic E-state index is 9.10. The fraction of sp³-hybridized carbons (Fsp3) is 0.190. The van der Waals surface area contributed by atoms with E-state index in [1.54, 1.807) is 24.0 Å². The Morgan fingerprint density at radius 3 is 2.19 bits per heavy atom. The first-order valence-corrected chi connectivity index (χ1v) is 11.1. The molecule has 0 fully saturated rings. The van der Waals surface area contributed by atoms with E-state index < -0.39 is 11.9 Å². The van der Waals surface area contributed by atoms with Crippen LogP contribution in [0.5, 0.6) is 0 Å². The van der Waals surface area contributed by atoms with Gasteiger partial charge in [0, 0.05) is 44.0 Å². The van der Waals surface area contributed by atoms with Crippen molar-refractivity contribution in [1.29, 1.82) is 0 Å². The molecule has 1 aromatic heterocycles. The number of carboxylic acids is 2. The summed E-state index contributed by atoms with van der Waals surface area (Å²) in [5.41, 5.74) is 1.10. The Balaban J connectivity index is 0.000000501. The second-order valence-corrected chi connectivity index (χ2v) is 8.82. The molecule has 3 aromatic rings. The van der Waals surface area contributed by atoms with Crippen molar-refractivity contribution in [2.75, 3.05) is 0 Å². The van der Waals surface area contributed by atoms with Crippen molar-refractivity contribution in [2.45, 2.75) is 29.4 Å². The molecule has 3 rings (SSSR count). The number of carboxylic acid groups (broad SMARTS) is 2. The molecule has 3 N–H and O–H groups in total. The van der Waals surface area contributed by atoms with Crippen LogP contribution < -0.4 is 0 Å². The maximum Gasteiger partial charge on any atom is 0.414 e. The largest absolute Gasteiger partial charge is 0.473 e. The molecule has 164 valence electrons. The summed E-state index contributed by atoms with van der Waals surface area (Å²) in [6.07, 6.45) is 6.54. The smallest absolute Gasteiger partial charge is 0.414 e. The molecule has 0 saturated carbocycles. The highest BCUT2D eigenvalue weighted by Crippen LogP contribution is 2.42. The number of aromatic nitrogens is 2. The molecule has 6 nitrogen and oxygen atoms in total. The van der Waals surface area contributed by atoms with Gasteiger partial charge in [-0.05, 0) is 54.8 Å². The molecular formula is C21H19Cl3N2O4S. The lowest BCUT2D eigenvalue weighted by Gasteiger charge is -2.18. The number of halogens is 3. The molecule has 0 radical (unpaired) electrons. The van der Waals surface area contributed by atoms with Crippen LogP contribution in [0.4, 0.5) is 0 Å². The molecule has 10 heteroatoms. The fourth-order valence-electron chi connectivity index (χ4n) is 2.61. The van der Waals surface area contributed by atoms with Crippen molar-refractivity contribution in [3.63, 3.8) is 0 Å². The van der Waals surface area contributed by atoms with E-state index >= 15 is 0 Å². The van der Waals surface area contributed by atoms with Crippen LogP contribution in [0.15, 0.2) is 59.8 Å². The summed E-state index contributed by atoms with van der Waals surface area (Å²) in [6.45, 7) is 0. The SMILES string of the molecule is Clc1ccc(SC(CCCc2ncc[nH]2)c2ccc(Cl)cc2Cl)cc1.O=C(O)C(=O)O. The van der Waals surface area contributed by atoms with E-state index in [4.69, 9.17) is 54.6 Å². The first kappa shape index (κ1) is 25.1. The van der Waals surface area contributed by atoms with E-state index in [1.165, 1.54) is 4.90 Å². The minimum absolute atomic E-state index is 0.237. The van der Waals surface area contributed by atoms with Gasteiger partial charge in [-0.1, -0.05) is 40.9 Å². The van der Waals surface area contributed by atoms with Crippen molar-refractivity contribution >= 4 is 58.5 Å². The number of nitrogens with zero attached hydrogens (tertiary/aromatic N) is 1. The van der Waals surface area contributed by atoms with Gasteiger partial charge in [0.15, 0.2) is 0 Å². The molecule has 1 heterocycles. The van der Waals surface area contributed by atoms with Crippen molar-refractivity contribution in [3.05, 3.63) is 81.3 Å². The van der Waals surface area contributed by atoms with E-state index in [-0.39, 0.29) is 5.25 Å². The summed E-state index contributed by atoms with van der Waals surface area (Å²) in [6, 6.07) is 13.6. The third kappa shape index (κ3) is 8.83. The monoisotopic (exact) mass is 500 g/mol. The molecule has 1 atom stereocenters. The van der Waals surface area contributed by atoms with Crippen LogP contribution >= 0.6 is 46.6 Å². The number of aryl methyl sites for hydroxylation is 1. The lowest BCUT2D eigenvalue weighted by molar-refractivity contribution is -0.159. The number of benzene rings is 2. The molecule has 0 aliphatic rings. The number of nitrogens with one attached hydrogen (secondary N) is 1. The van der Waals surface area contributed by atoms with Crippen LogP contribution in [0.1, 0.15) is 29.5 Å². The normalized spacial score (nSPS) is 11.3. The third-order valence-electron chi connectivity index (χ3n) is 4.02. The van der Waals surface area contributed by atoms with Gasteiger partial charge in [-0.15, -0.1) is 11.8 Å². The average molecular weight is 502 g/mol. The number of rotatable bonds is 7. The maximum atomic E-state index is 9.10. The first-order chi connectivity index (χ1) is 14.8.